The van der Waals surface area contributed by atoms with Crippen LogP contribution in [0.25, 0.3) is 0 Å². The second-order valence-electron chi connectivity index (χ2n) is 4.48. The van der Waals surface area contributed by atoms with Crippen molar-refractivity contribution in [1.82, 2.24) is 0 Å². The van der Waals surface area contributed by atoms with Crippen molar-refractivity contribution >= 4 is 11.9 Å². The maximum Gasteiger partial charge on any atom is 0.311 e. The van der Waals surface area contributed by atoms with Crippen LogP contribution in [0, 0.1) is 5.92 Å². The van der Waals surface area contributed by atoms with Crippen LogP contribution in [-0.4, -0.2) is 23.7 Å². The zero-order chi connectivity index (χ0) is 13.8. The second kappa shape index (κ2) is 5.73. The fourth-order valence-electron chi connectivity index (χ4n) is 2.05. The Bertz CT molecular complexity index is 465. The van der Waals surface area contributed by atoms with Crippen molar-refractivity contribution in [3.8, 4) is 5.75 Å². The van der Waals surface area contributed by atoms with Crippen molar-refractivity contribution in [3.63, 3.8) is 0 Å². The minimum Gasteiger partial charge on any atom is -0.494 e. The van der Waals surface area contributed by atoms with E-state index in [1.54, 1.807) is 24.3 Å². The molecule has 1 heterocycles. The molecule has 0 radical (unpaired) electrons. The van der Waals surface area contributed by atoms with Crippen LogP contribution in [0.2, 0.25) is 0 Å². The number of carbonyl (C=O) groups excluding carboxylic acids is 1. The number of hydrogen-bond acceptors (Lipinski definition) is 4. The first-order chi connectivity index (χ1) is 9.11. The molecule has 1 aliphatic rings. The predicted octanol–water partition coefficient (Wildman–Crippen LogP) is 2.16. The van der Waals surface area contributed by atoms with Gasteiger partial charge >= 0.3 is 11.9 Å². The molecule has 1 saturated heterocycles. The number of rotatable bonds is 5. The van der Waals surface area contributed by atoms with Gasteiger partial charge in [0.05, 0.1) is 13.0 Å². The van der Waals surface area contributed by atoms with E-state index in [0.29, 0.717) is 12.2 Å². The van der Waals surface area contributed by atoms with Crippen LogP contribution in [0.5, 0.6) is 5.75 Å². The van der Waals surface area contributed by atoms with Crippen LogP contribution in [0.15, 0.2) is 24.3 Å². The first-order valence-electron chi connectivity index (χ1n) is 6.27. The maximum absolute atomic E-state index is 11.2. The van der Waals surface area contributed by atoms with Crippen molar-refractivity contribution in [2.24, 2.45) is 5.92 Å². The van der Waals surface area contributed by atoms with Gasteiger partial charge < -0.3 is 14.6 Å². The molecule has 2 atom stereocenters. The van der Waals surface area contributed by atoms with E-state index in [1.807, 2.05) is 6.92 Å². The van der Waals surface area contributed by atoms with Gasteiger partial charge in [0.2, 0.25) is 0 Å². The average molecular weight is 264 g/mol. The minimum absolute atomic E-state index is 0.0753. The van der Waals surface area contributed by atoms with E-state index in [4.69, 9.17) is 14.6 Å². The Labute approximate surface area is 111 Å². The molecule has 0 bridgehead atoms. The lowest BCUT2D eigenvalue weighted by Crippen LogP contribution is -2.17. The Morgan fingerprint density at radius 2 is 2.11 bits per heavy atom. The normalized spacial score (nSPS) is 22.1. The zero-order valence-corrected chi connectivity index (χ0v) is 10.7. The number of carboxylic acid groups (broad SMARTS) is 1. The number of benzene rings is 1. The average Bonchev–Trinajstić information content (AvgIpc) is 2.79. The molecule has 1 aliphatic heterocycles. The highest BCUT2D eigenvalue weighted by Crippen LogP contribution is 2.36. The molecule has 19 heavy (non-hydrogen) atoms. The smallest absolute Gasteiger partial charge is 0.311 e. The molecular weight excluding hydrogens is 248 g/mol. The largest absolute Gasteiger partial charge is 0.494 e. The standard InChI is InChI=1S/C14H16O5/c1-2-7-18-10-5-3-9(4-6-10)13-11(14(16)17)8-12(15)19-13/h3-6,11,13H,2,7-8H2,1H3,(H,16,17)/t11-,13+/m0/s1. The molecule has 1 aromatic rings. The van der Waals surface area contributed by atoms with Gasteiger partial charge in [-0.15, -0.1) is 0 Å². The van der Waals surface area contributed by atoms with Gasteiger partial charge in [-0.3, -0.25) is 9.59 Å². The SMILES string of the molecule is CCCOc1ccc([C@H]2OC(=O)C[C@@H]2C(=O)O)cc1. The summed E-state index contributed by atoms with van der Waals surface area (Å²) in [5.74, 6) is -1.57. The lowest BCUT2D eigenvalue weighted by Gasteiger charge is -2.15. The summed E-state index contributed by atoms with van der Waals surface area (Å²) in [6.45, 7) is 2.65. The summed E-state index contributed by atoms with van der Waals surface area (Å²) < 4.78 is 10.5. The van der Waals surface area contributed by atoms with Crippen molar-refractivity contribution in [1.29, 1.82) is 0 Å². The number of esters is 1. The molecule has 102 valence electrons. The van der Waals surface area contributed by atoms with Crippen LogP contribution < -0.4 is 4.74 Å². The summed E-state index contributed by atoms with van der Waals surface area (Å²) in [5, 5.41) is 9.08. The molecule has 0 spiro atoms. The Morgan fingerprint density at radius 3 is 2.68 bits per heavy atom. The highest BCUT2D eigenvalue weighted by atomic mass is 16.6. The van der Waals surface area contributed by atoms with Gasteiger partial charge in [0.25, 0.3) is 0 Å². The van der Waals surface area contributed by atoms with E-state index in [-0.39, 0.29) is 6.42 Å². The summed E-state index contributed by atoms with van der Waals surface area (Å²) in [5.41, 5.74) is 0.682. The molecule has 1 fully saturated rings. The van der Waals surface area contributed by atoms with E-state index >= 15 is 0 Å². The number of carboxylic acids is 1. The van der Waals surface area contributed by atoms with Crippen molar-refractivity contribution in [2.75, 3.05) is 6.61 Å². The van der Waals surface area contributed by atoms with E-state index < -0.39 is 24.0 Å². The first-order valence-corrected chi connectivity index (χ1v) is 6.27. The third-order valence-electron chi connectivity index (χ3n) is 3.01. The third kappa shape index (κ3) is 3.05. The van der Waals surface area contributed by atoms with E-state index in [1.165, 1.54) is 0 Å². The van der Waals surface area contributed by atoms with E-state index in [0.717, 1.165) is 12.2 Å². The quantitative estimate of drug-likeness (QED) is 0.825. The zero-order valence-electron chi connectivity index (χ0n) is 10.7. The highest BCUT2D eigenvalue weighted by Gasteiger charge is 2.40. The van der Waals surface area contributed by atoms with Gasteiger partial charge in [-0.25, -0.2) is 0 Å². The van der Waals surface area contributed by atoms with Crippen molar-refractivity contribution in [2.45, 2.75) is 25.9 Å². The number of ether oxygens (including phenoxy) is 2. The fourth-order valence-corrected chi connectivity index (χ4v) is 2.05. The molecule has 5 heteroatoms. The van der Waals surface area contributed by atoms with Crippen LogP contribution in [0.1, 0.15) is 31.4 Å². The predicted molar refractivity (Wildman–Crippen MR) is 66.8 cm³/mol. The molecule has 0 amide bonds. The van der Waals surface area contributed by atoms with E-state index in [2.05, 4.69) is 0 Å². The highest BCUT2D eigenvalue weighted by molar-refractivity contribution is 5.82. The van der Waals surface area contributed by atoms with Crippen LogP contribution in [-0.2, 0) is 14.3 Å². The lowest BCUT2D eigenvalue weighted by molar-refractivity contribution is -0.144. The molecule has 2 rings (SSSR count). The number of aliphatic carboxylic acids is 1. The summed E-state index contributed by atoms with van der Waals surface area (Å²) in [6, 6.07) is 7.00. The third-order valence-corrected chi connectivity index (χ3v) is 3.01. The number of carbonyl (C=O) groups is 2. The summed E-state index contributed by atoms with van der Waals surface area (Å²) in [7, 11) is 0. The van der Waals surface area contributed by atoms with Crippen LogP contribution >= 0.6 is 0 Å². The molecular formula is C14H16O5. The van der Waals surface area contributed by atoms with Crippen LogP contribution in [0.4, 0.5) is 0 Å². The number of hydrogen-bond donors (Lipinski definition) is 1. The molecule has 0 unspecified atom stereocenters. The Kier molecular flexibility index (Phi) is 4.04. The first kappa shape index (κ1) is 13.4. The van der Waals surface area contributed by atoms with Crippen LogP contribution in [0.3, 0.4) is 0 Å². The Hall–Kier alpha value is -2.04. The molecule has 0 aliphatic carbocycles. The molecule has 1 aromatic carbocycles. The summed E-state index contributed by atoms with van der Waals surface area (Å²) in [6.07, 6.45) is 0.141. The molecule has 0 aromatic heterocycles. The van der Waals surface area contributed by atoms with Gasteiger partial charge in [-0.2, -0.15) is 0 Å². The minimum atomic E-state index is -1.01. The maximum atomic E-state index is 11.2. The van der Waals surface area contributed by atoms with Gasteiger partial charge in [0.15, 0.2) is 0 Å². The van der Waals surface area contributed by atoms with Gasteiger partial charge in [0, 0.05) is 0 Å². The van der Waals surface area contributed by atoms with Gasteiger partial charge in [-0.1, -0.05) is 19.1 Å². The van der Waals surface area contributed by atoms with E-state index in [9.17, 15) is 9.59 Å². The Balaban J connectivity index is 2.12. The molecule has 0 saturated carbocycles. The lowest BCUT2D eigenvalue weighted by atomic mass is 9.95. The monoisotopic (exact) mass is 264 g/mol. The summed E-state index contributed by atoms with van der Waals surface area (Å²) in [4.78, 5) is 22.3. The number of cyclic esters (lactones) is 1. The van der Waals surface area contributed by atoms with Crippen molar-refractivity contribution in [3.05, 3.63) is 29.8 Å². The fraction of sp³-hybridized carbons (Fsp3) is 0.429. The molecule has 5 nitrogen and oxygen atoms in total. The Morgan fingerprint density at radius 1 is 1.42 bits per heavy atom. The van der Waals surface area contributed by atoms with Crippen molar-refractivity contribution < 1.29 is 24.2 Å². The van der Waals surface area contributed by atoms with Gasteiger partial charge in [-0.05, 0) is 24.1 Å². The molecule has 1 N–H and O–H groups in total. The topological polar surface area (TPSA) is 72.8 Å². The summed E-state index contributed by atoms with van der Waals surface area (Å²) >= 11 is 0. The second-order valence-corrected chi connectivity index (χ2v) is 4.48. The van der Waals surface area contributed by atoms with Gasteiger partial charge in [0.1, 0.15) is 17.8 Å².